The van der Waals surface area contributed by atoms with Crippen LogP contribution in [-0.2, 0) is 4.79 Å². The Balaban J connectivity index is 1.97. The molecule has 2 aliphatic heterocycles. The third kappa shape index (κ3) is 2.64. The van der Waals surface area contributed by atoms with Gasteiger partial charge < -0.3 is 0 Å². The van der Waals surface area contributed by atoms with Gasteiger partial charge in [0.2, 0.25) is 5.17 Å². The Morgan fingerprint density at radius 3 is 2.76 bits per heavy atom. The first kappa shape index (κ1) is 14.0. The second-order valence-electron chi connectivity index (χ2n) is 4.42. The van der Waals surface area contributed by atoms with Crippen molar-refractivity contribution >= 4 is 51.4 Å². The normalized spacial score (nSPS) is 19.7. The van der Waals surface area contributed by atoms with Crippen molar-refractivity contribution < 1.29 is 4.79 Å². The lowest BCUT2D eigenvalue weighted by Crippen LogP contribution is -2.35. The lowest BCUT2D eigenvalue weighted by Gasteiger charge is -2.20. The number of halogens is 1. The first-order chi connectivity index (χ1) is 10.1. The number of carbonyl (C=O) groups excluding carboxylic acids is 1. The van der Waals surface area contributed by atoms with Gasteiger partial charge in [-0.1, -0.05) is 30.7 Å². The predicted octanol–water partition coefficient (Wildman–Crippen LogP) is 3.37. The molecule has 0 atom stereocenters. The molecule has 0 bridgehead atoms. The molecule has 0 spiro atoms. The summed E-state index contributed by atoms with van der Waals surface area (Å²) < 4.78 is 0. The molecular formula is C14H11ClN4OS. The topological polar surface area (TPSA) is 68.9 Å². The van der Waals surface area contributed by atoms with Crippen molar-refractivity contribution in [1.29, 1.82) is 5.41 Å². The Morgan fingerprint density at radius 2 is 2.10 bits per heavy atom. The maximum atomic E-state index is 12.1. The van der Waals surface area contributed by atoms with Gasteiger partial charge in [-0.2, -0.15) is 15.1 Å². The monoisotopic (exact) mass is 318 g/mol. The van der Waals surface area contributed by atoms with E-state index in [1.165, 1.54) is 16.8 Å². The molecule has 0 saturated heterocycles. The maximum absolute atomic E-state index is 12.1. The van der Waals surface area contributed by atoms with Gasteiger partial charge in [0.15, 0.2) is 5.84 Å². The Morgan fingerprint density at radius 1 is 1.38 bits per heavy atom. The van der Waals surface area contributed by atoms with Crippen LogP contribution in [0.15, 0.2) is 39.9 Å². The minimum atomic E-state index is -0.416. The van der Waals surface area contributed by atoms with Gasteiger partial charge in [-0.25, -0.2) is 0 Å². The maximum Gasteiger partial charge on any atom is 0.283 e. The third-order valence-electron chi connectivity index (χ3n) is 2.98. The molecule has 0 saturated carbocycles. The number of nitrogens with one attached hydrogen (secondary N) is 1. The number of amides is 1. The molecule has 0 fully saturated rings. The summed E-state index contributed by atoms with van der Waals surface area (Å²) in [5.74, 6) is -0.364. The number of hydrogen-bond acceptors (Lipinski definition) is 4. The highest BCUT2D eigenvalue weighted by Crippen LogP contribution is 2.29. The molecule has 1 N–H and O–H groups in total. The Kier molecular flexibility index (Phi) is 3.65. The van der Waals surface area contributed by atoms with Crippen LogP contribution in [0.5, 0.6) is 0 Å². The Labute approximate surface area is 130 Å². The van der Waals surface area contributed by atoms with Crippen LogP contribution >= 0.6 is 23.4 Å². The second kappa shape index (κ2) is 5.46. The number of rotatable bonds is 2. The smallest absolute Gasteiger partial charge is 0.282 e. The molecule has 1 amide bonds. The molecular weight excluding hydrogens is 308 g/mol. The fourth-order valence-electron chi connectivity index (χ4n) is 1.90. The van der Waals surface area contributed by atoms with Crippen molar-refractivity contribution in [3.8, 4) is 0 Å². The molecule has 2 aliphatic rings. The quantitative estimate of drug-likeness (QED) is 0.850. The van der Waals surface area contributed by atoms with Gasteiger partial charge in [-0.3, -0.25) is 10.2 Å². The molecule has 0 radical (unpaired) electrons. The number of nitrogens with zero attached hydrogens (tertiary/aromatic N) is 3. The van der Waals surface area contributed by atoms with Crippen LogP contribution in [0.1, 0.15) is 18.9 Å². The van der Waals surface area contributed by atoms with E-state index < -0.39 is 5.91 Å². The summed E-state index contributed by atoms with van der Waals surface area (Å²) >= 11 is 7.17. The van der Waals surface area contributed by atoms with E-state index in [4.69, 9.17) is 17.0 Å². The van der Waals surface area contributed by atoms with Crippen LogP contribution in [0, 0.1) is 5.41 Å². The summed E-state index contributed by atoms with van der Waals surface area (Å²) in [6.45, 7) is 1.97. The second-order valence-corrected chi connectivity index (χ2v) is 5.90. The van der Waals surface area contributed by atoms with Crippen molar-refractivity contribution in [2.24, 2.45) is 10.1 Å². The number of fused-ring (bicyclic) bond motifs is 1. The number of aliphatic imine (C=N–C) groups is 1. The first-order valence-electron chi connectivity index (χ1n) is 6.33. The standard InChI is InChI=1S/C14H11ClN4OS/c1-2-11-18-19-12(16)10(13(20)17-14(19)21-11)7-8-3-5-9(15)6-4-8/h3-7,16H,2H2,1H3/b10-7-,16-12?. The minimum absolute atomic E-state index is 0.0518. The fourth-order valence-corrected chi connectivity index (χ4v) is 2.85. The van der Waals surface area contributed by atoms with E-state index in [1.807, 2.05) is 6.92 Å². The highest BCUT2D eigenvalue weighted by Gasteiger charge is 2.34. The van der Waals surface area contributed by atoms with E-state index in [1.54, 1.807) is 30.3 Å². The summed E-state index contributed by atoms with van der Waals surface area (Å²) in [4.78, 5) is 16.1. The highest BCUT2D eigenvalue weighted by molar-refractivity contribution is 8.26. The van der Waals surface area contributed by atoms with E-state index in [2.05, 4.69) is 10.1 Å². The van der Waals surface area contributed by atoms with Crippen molar-refractivity contribution in [2.75, 3.05) is 0 Å². The van der Waals surface area contributed by atoms with Crippen molar-refractivity contribution in [1.82, 2.24) is 5.01 Å². The molecule has 3 rings (SSSR count). The van der Waals surface area contributed by atoms with E-state index in [0.29, 0.717) is 10.2 Å². The van der Waals surface area contributed by atoms with Crippen LogP contribution in [0.3, 0.4) is 0 Å². The van der Waals surface area contributed by atoms with Crippen LogP contribution in [0.25, 0.3) is 6.08 Å². The molecule has 106 valence electrons. The van der Waals surface area contributed by atoms with Gasteiger partial charge in [0.25, 0.3) is 5.91 Å². The number of amidine groups is 2. The van der Waals surface area contributed by atoms with E-state index in [9.17, 15) is 4.79 Å². The number of hydrogen-bond donors (Lipinski definition) is 1. The zero-order chi connectivity index (χ0) is 15.0. The molecule has 7 heteroatoms. The van der Waals surface area contributed by atoms with Gasteiger partial charge in [-0.05, 0) is 42.0 Å². The van der Waals surface area contributed by atoms with Crippen molar-refractivity contribution in [2.45, 2.75) is 13.3 Å². The van der Waals surface area contributed by atoms with Gasteiger partial charge in [0, 0.05) is 5.02 Å². The van der Waals surface area contributed by atoms with Gasteiger partial charge in [-0.15, -0.1) is 0 Å². The summed E-state index contributed by atoms with van der Waals surface area (Å²) in [7, 11) is 0. The Hall–Kier alpha value is -1.92. The molecule has 2 heterocycles. The van der Waals surface area contributed by atoms with E-state index in [0.717, 1.165) is 17.0 Å². The number of thioether (sulfide) groups is 1. The van der Waals surface area contributed by atoms with Gasteiger partial charge in [0.1, 0.15) is 5.04 Å². The lowest BCUT2D eigenvalue weighted by molar-refractivity contribution is -0.114. The average molecular weight is 319 g/mol. The zero-order valence-corrected chi connectivity index (χ0v) is 12.7. The SMILES string of the molecule is CCC1=NN2C(=N)/C(=C/c3ccc(Cl)cc3)C(=O)N=C2S1. The van der Waals surface area contributed by atoms with Crippen molar-refractivity contribution in [3.63, 3.8) is 0 Å². The van der Waals surface area contributed by atoms with Crippen LogP contribution in [0.2, 0.25) is 5.02 Å². The minimum Gasteiger partial charge on any atom is -0.282 e. The average Bonchev–Trinajstić information content (AvgIpc) is 2.88. The lowest BCUT2D eigenvalue weighted by atomic mass is 10.1. The van der Waals surface area contributed by atoms with Crippen LogP contribution in [-0.4, -0.2) is 27.0 Å². The molecule has 0 aliphatic carbocycles. The van der Waals surface area contributed by atoms with Gasteiger partial charge >= 0.3 is 0 Å². The molecule has 0 unspecified atom stereocenters. The van der Waals surface area contributed by atoms with E-state index >= 15 is 0 Å². The first-order valence-corrected chi connectivity index (χ1v) is 7.52. The summed E-state index contributed by atoms with van der Waals surface area (Å²) in [6, 6.07) is 7.04. The summed E-state index contributed by atoms with van der Waals surface area (Å²) in [5.41, 5.74) is 1.01. The predicted molar refractivity (Wildman–Crippen MR) is 86.8 cm³/mol. The molecule has 5 nitrogen and oxygen atoms in total. The van der Waals surface area contributed by atoms with Crippen molar-refractivity contribution in [3.05, 3.63) is 40.4 Å². The van der Waals surface area contributed by atoms with Gasteiger partial charge in [0.05, 0.1) is 5.57 Å². The third-order valence-corrected chi connectivity index (χ3v) is 4.28. The largest absolute Gasteiger partial charge is 0.283 e. The Bertz CT molecular complexity index is 721. The molecule has 0 aromatic heterocycles. The molecule has 1 aromatic carbocycles. The highest BCUT2D eigenvalue weighted by atomic mass is 35.5. The molecule has 1 aromatic rings. The fraction of sp³-hybridized carbons (Fsp3) is 0.143. The van der Waals surface area contributed by atoms with Crippen LogP contribution < -0.4 is 0 Å². The molecule has 21 heavy (non-hydrogen) atoms. The van der Waals surface area contributed by atoms with Crippen LogP contribution in [0.4, 0.5) is 0 Å². The van der Waals surface area contributed by atoms with E-state index in [-0.39, 0.29) is 11.4 Å². The summed E-state index contributed by atoms with van der Waals surface area (Å²) in [6.07, 6.45) is 2.38. The summed E-state index contributed by atoms with van der Waals surface area (Å²) in [5, 5.41) is 15.8. The zero-order valence-electron chi connectivity index (χ0n) is 11.1. The number of hydrazone groups is 1. The number of benzene rings is 1. The number of carbonyl (C=O) groups is 1.